The Bertz CT molecular complexity index is 968. The number of halogens is 1. The molecular formula is C20H19FN2O4. The smallest absolute Gasteiger partial charge is 0.230 e. The number of methoxy groups -OCH3 is 2. The number of nitrogens with zero attached hydrogens (tertiary/aromatic N) is 1. The average Bonchev–Trinajstić information content (AvgIpc) is 3.02. The van der Waals surface area contributed by atoms with Crippen molar-refractivity contribution in [3.63, 3.8) is 0 Å². The molecule has 1 aromatic heterocycles. The quantitative estimate of drug-likeness (QED) is 0.710. The molecule has 0 spiro atoms. The summed E-state index contributed by atoms with van der Waals surface area (Å²) in [7, 11) is 3.06. The number of hydrogen-bond acceptors (Lipinski definition) is 5. The molecule has 0 saturated heterocycles. The molecule has 27 heavy (non-hydrogen) atoms. The summed E-state index contributed by atoms with van der Waals surface area (Å²) in [5, 5.41) is 2.78. The Kier molecular flexibility index (Phi) is 5.40. The number of oxazole rings is 1. The molecule has 0 bridgehead atoms. The van der Waals surface area contributed by atoms with Crippen LogP contribution in [0.2, 0.25) is 0 Å². The van der Waals surface area contributed by atoms with E-state index in [1.54, 1.807) is 44.4 Å². The number of aryl methyl sites for hydroxylation is 1. The summed E-state index contributed by atoms with van der Waals surface area (Å²) in [6.07, 6.45) is 0.00497. The van der Waals surface area contributed by atoms with Crippen LogP contribution in [-0.2, 0) is 11.2 Å². The molecule has 0 unspecified atom stereocenters. The van der Waals surface area contributed by atoms with Crippen LogP contribution in [0.4, 0.5) is 10.1 Å². The Balaban J connectivity index is 1.77. The number of ether oxygens (including phenoxy) is 2. The average molecular weight is 370 g/mol. The van der Waals surface area contributed by atoms with Crippen molar-refractivity contribution < 1.29 is 23.1 Å². The van der Waals surface area contributed by atoms with Crippen molar-refractivity contribution in [2.45, 2.75) is 13.3 Å². The second-order valence-electron chi connectivity index (χ2n) is 5.82. The van der Waals surface area contributed by atoms with Crippen molar-refractivity contribution in [1.82, 2.24) is 4.98 Å². The number of rotatable bonds is 6. The van der Waals surface area contributed by atoms with Gasteiger partial charge in [-0.1, -0.05) is 6.07 Å². The molecule has 7 heteroatoms. The van der Waals surface area contributed by atoms with Gasteiger partial charge in [-0.15, -0.1) is 0 Å². The van der Waals surface area contributed by atoms with Gasteiger partial charge in [0.05, 0.1) is 32.0 Å². The highest BCUT2D eigenvalue weighted by atomic mass is 19.1. The monoisotopic (exact) mass is 370 g/mol. The first-order valence-corrected chi connectivity index (χ1v) is 8.24. The highest BCUT2D eigenvalue weighted by molar-refractivity contribution is 5.93. The highest BCUT2D eigenvalue weighted by Gasteiger charge is 2.16. The maximum absolute atomic E-state index is 13.4. The standard InChI is InChI=1S/C20H19FN2O4/c1-12-16(23-20(27-12)13-5-4-6-14(21)9-13)11-19(24)22-17-10-15(25-2)7-8-18(17)26-3/h4-10H,11H2,1-3H3,(H,22,24). The number of anilines is 1. The van der Waals surface area contributed by atoms with Crippen molar-refractivity contribution in [3.05, 3.63) is 59.7 Å². The van der Waals surface area contributed by atoms with Gasteiger partial charge in [0.15, 0.2) is 0 Å². The van der Waals surface area contributed by atoms with Crippen molar-refractivity contribution in [1.29, 1.82) is 0 Å². The lowest BCUT2D eigenvalue weighted by Crippen LogP contribution is -2.15. The van der Waals surface area contributed by atoms with Crippen LogP contribution >= 0.6 is 0 Å². The summed E-state index contributed by atoms with van der Waals surface area (Å²) in [6, 6.07) is 11.1. The van der Waals surface area contributed by atoms with E-state index in [4.69, 9.17) is 13.9 Å². The third kappa shape index (κ3) is 4.25. The molecule has 0 aliphatic rings. The van der Waals surface area contributed by atoms with Crippen molar-refractivity contribution in [3.8, 4) is 23.0 Å². The molecule has 1 N–H and O–H groups in total. The largest absolute Gasteiger partial charge is 0.497 e. The summed E-state index contributed by atoms with van der Waals surface area (Å²) in [5.41, 5.74) is 1.49. The van der Waals surface area contributed by atoms with E-state index >= 15 is 0 Å². The third-order valence-electron chi connectivity index (χ3n) is 3.97. The van der Waals surface area contributed by atoms with E-state index in [0.29, 0.717) is 34.2 Å². The van der Waals surface area contributed by atoms with Crippen LogP contribution in [0.3, 0.4) is 0 Å². The van der Waals surface area contributed by atoms with E-state index in [2.05, 4.69) is 10.3 Å². The lowest BCUT2D eigenvalue weighted by molar-refractivity contribution is -0.115. The number of aromatic nitrogens is 1. The normalized spacial score (nSPS) is 10.5. The first-order chi connectivity index (χ1) is 13.0. The number of hydrogen-bond donors (Lipinski definition) is 1. The van der Waals surface area contributed by atoms with Crippen LogP contribution in [0.15, 0.2) is 46.9 Å². The molecule has 140 valence electrons. The third-order valence-corrected chi connectivity index (χ3v) is 3.97. The zero-order chi connectivity index (χ0) is 19.4. The first kappa shape index (κ1) is 18.4. The zero-order valence-electron chi connectivity index (χ0n) is 15.2. The highest BCUT2D eigenvalue weighted by Crippen LogP contribution is 2.29. The minimum Gasteiger partial charge on any atom is -0.497 e. The van der Waals surface area contributed by atoms with E-state index in [-0.39, 0.29) is 24.0 Å². The lowest BCUT2D eigenvalue weighted by atomic mass is 10.2. The fourth-order valence-electron chi connectivity index (χ4n) is 2.60. The predicted octanol–water partition coefficient (Wildman–Crippen LogP) is 3.99. The molecule has 1 heterocycles. The molecule has 0 radical (unpaired) electrons. The number of carbonyl (C=O) groups excluding carboxylic acids is 1. The molecule has 0 fully saturated rings. The van der Waals surface area contributed by atoms with E-state index in [9.17, 15) is 9.18 Å². The van der Waals surface area contributed by atoms with E-state index in [0.717, 1.165) is 0 Å². The number of carbonyl (C=O) groups is 1. The molecule has 0 saturated carbocycles. The summed E-state index contributed by atoms with van der Waals surface area (Å²) < 4.78 is 29.4. The van der Waals surface area contributed by atoms with Crippen molar-refractivity contribution >= 4 is 11.6 Å². The molecular weight excluding hydrogens is 351 g/mol. The molecule has 1 amide bonds. The van der Waals surface area contributed by atoms with Gasteiger partial charge in [-0.3, -0.25) is 4.79 Å². The Hall–Kier alpha value is -3.35. The van der Waals surface area contributed by atoms with Gasteiger partial charge >= 0.3 is 0 Å². The van der Waals surface area contributed by atoms with Gasteiger partial charge in [-0.2, -0.15) is 0 Å². The van der Waals surface area contributed by atoms with Gasteiger partial charge < -0.3 is 19.2 Å². The SMILES string of the molecule is COc1ccc(OC)c(NC(=O)Cc2nc(-c3cccc(F)c3)oc2C)c1. The van der Waals surface area contributed by atoms with Gasteiger partial charge in [-0.05, 0) is 37.3 Å². The minimum atomic E-state index is -0.382. The summed E-state index contributed by atoms with van der Waals surface area (Å²) in [5.74, 6) is 1.21. The topological polar surface area (TPSA) is 73.6 Å². The van der Waals surface area contributed by atoms with Crippen LogP contribution in [0, 0.1) is 12.7 Å². The first-order valence-electron chi connectivity index (χ1n) is 8.24. The molecule has 3 aromatic rings. The Morgan fingerprint density at radius 3 is 2.70 bits per heavy atom. The van der Waals surface area contributed by atoms with Gasteiger partial charge in [0.2, 0.25) is 11.8 Å². The van der Waals surface area contributed by atoms with Gasteiger partial charge in [0.1, 0.15) is 23.1 Å². The summed E-state index contributed by atoms with van der Waals surface area (Å²) >= 11 is 0. The van der Waals surface area contributed by atoms with Crippen LogP contribution in [0.25, 0.3) is 11.5 Å². The fraction of sp³-hybridized carbons (Fsp3) is 0.200. The van der Waals surface area contributed by atoms with Gasteiger partial charge in [-0.25, -0.2) is 9.37 Å². The fourth-order valence-corrected chi connectivity index (χ4v) is 2.60. The molecule has 0 atom stereocenters. The molecule has 2 aromatic carbocycles. The second kappa shape index (κ2) is 7.90. The summed E-state index contributed by atoms with van der Waals surface area (Å²) in [6.45, 7) is 1.71. The van der Waals surface area contributed by atoms with E-state index in [1.807, 2.05) is 0 Å². The predicted molar refractivity (Wildman–Crippen MR) is 98.5 cm³/mol. The van der Waals surface area contributed by atoms with Crippen molar-refractivity contribution in [2.24, 2.45) is 0 Å². The Morgan fingerprint density at radius 1 is 1.19 bits per heavy atom. The Labute approximate surface area is 155 Å². The van der Waals surface area contributed by atoms with Crippen LogP contribution in [-0.4, -0.2) is 25.1 Å². The number of amides is 1. The van der Waals surface area contributed by atoms with Crippen LogP contribution in [0.1, 0.15) is 11.5 Å². The van der Waals surface area contributed by atoms with Gasteiger partial charge in [0, 0.05) is 11.6 Å². The summed E-state index contributed by atoms with van der Waals surface area (Å²) in [4.78, 5) is 16.8. The van der Waals surface area contributed by atoms with Crippen molar-refractivity contribution in [2.75, 3.05) is 19.5 Å². The Morgan fingerprint density at radius 2 is 2.00 bits per heavy atom. The number of nitrogens with one attached hydrogen (secondary N) is 1. The minimum absolute atomic E-state index is 0.00497. The maximum Gasteiger partial charge on any atom is 0.230 e. The lowest BCUT2D eigenvalue weighted by Gasteiger charge is -2.11. The molecule has 0 aliphatic carbocycles. The van der Waals surface area contributed by atoms with Crippen LogP contribution < -0.4 is 14.8 Å². The van der Waals surface area contributed by atoms with E-state index < -0.39 is 0 Å². The maximum atomic E-state index is 13.4. The van der Waals surface area contributed by atoms with Crippen LogP contribution in [0.5, 0.6) is 11.5 Å². The van der Waals surface area contributed by atoms with Gasteiger partial charge in [0.25, 0.3) is 0 Å². The van der Waals surface area contributed by atoms with E-state index in [1.165, 1.54) is 19.2 Å². The zero-order valence-corrected chi connectivity index (χ0v) is 15.2. The number of benzene rings is 2. The molecule has 0 aliphatic heterocycles. The molecule has 6 nitrogen and oxygen atoms in total. The second-order valence-corrected chi connectivity index (χ2v) is 5.82. The molecule has 3 rings (SSSR count).